The Balaban J connectivity index is 1.91. The molecule has 1 atom stereocenters. The predicted octanol–water partition coefficient (Wildman–Crippen LogP) is 2.72. The van der Waals surface area contributed by atoms with Gasteiger partial charge in [-0.15, -0.1) is 0 Å². The number of rotatable bonds is 5. The molecule has 0 saturated heterocycles. The third kappa shape index (κ3) is 2.73. The summed E-state index contributed by atoms with van der Waals surface area (Å²) in [5, 5.41) is 3.42. The van der Waals surface area contributed by atoms with Crippen molar-refractivity contribution in [2.24, 2.45) is 5.92 Å². The van der Waals surface area contributed by atoms with Crippen LogP contribution in [-0.2, 0) is 6.54 Å². The molecule has 1 N–H and O–H groups in total. The Morgan fingerprint density at radius 3 is 2.81 bits per heavy atom. The van der Waals surface area contributed by atoms with Crippen molar-refractivity contribution in [1.29, 1.82) is 0 Å². The summed E-state index contributed by atoms with van der Waals surface area (Å²) in [7, 11) is 1.48. The average Bonchev–Trinajstić information content (AvgIpc) is 3.10. The summed E-state index contributed by atoms with van der Waals surface area (Å²) in [6.45, 7) is 2.91. The molecule has 1 aromatic rings. The first kappa shape index (κ1) is 11.4. The van der Waals surface area contributed by atoms with E-state index in [1.54, 1.807) is 6.07 Å². The number of ether oxygens (including phenoxy) is 1. The second kappa shape index (κ2) is 4.83. The van der Waals surface area contributed by atoms with Crippen molar-refractivity contribution in [3.63, 3.8) is 0 Å². The maximum Gasteiger partial charge on any atom is 0.165 e. The van der Waals surface area contributed by atoms with Crippen molar-refractivity contribution < 1.29 is 9.13 Å². The molecule has 0 aromatic heterocycles. The number of benzene rings is 1. The van der Waals surface area contributed by atoms with Gasteiger partial charge in [0.1, 0.15) is 0 Å². The molecule has 0 spiro atoms. The summed E-state index contributed by atoms with van der Waals surface area (Å²) >= 11 is 0. The zero-order chi connectivity index (χ0) is 11.5. The zero-order valence-corrected chi connectivity index (χ0v) is 9.79. The summed E-state index contributed by atoms with van der Waals surface area (Å²) < 4.78 is 18.3. The lowest BCUT2D eigenvalue weighted by atomic mass is 10.1. The van der Waals surface area contributed by atoms with Crippen molar-refractivity contribution in [2.75, 3.05) is 7.11 Å². The van der Waals surface area contributed by atoms with Crippen LogP contribution in [0.4, 0.5) is 4.39 Å². The molecule has 0 bridgehead atoms. The molecule has 3 heteroatoms. The maximum absolute atomic E-state index is 13.4. The summed E-state index contributed by atoms with van der Waals surface area (Å²) in [5.41, 5.74) is 0.964. The third-order valence-corrected chi connectivity index (χ3v) is 3.17. The van der Waals surface area contributed by atoms with Crippen LogP contribution in [0.15, 0.2) is 18.2 Å². The third-order valence-electron chi connectivity index (χ3n) is 3.17. The molecule has 1 aromatic carbocycles. The van der Waals surface area contributed by atoms with Gasteiger partial charge in [0, 0.05) is 12.6 Å². The molecule has 0 radical (unpaired) electrons. The molecule has 1 unspecified atom stereocenters. The van der Waals surface area contributed by atoms with Crippen LogP contribution < -0.4 is 10.1 Å². The van der Waals surface area contributed by atoms with Crippen molar-refractivity contribution in [1.82, 2.24) is 5.32 Å². The SMILES string of the molecule is COc1ccc(CNC(C)C2CC2)cc1F. The highest BCUT2D eigenvalue weighted by Crippen LogP contribution is 2.32. The van der Waals surface area contributed by atoms with E-state index in [1.165, 1.54) is 26.0 Å². The molecule has 0 aliphatic heterocycles. The summed E-state index contributed by atoms with van der Waals surface area (Å²) in [4.78, 5) is 0. The van der Waals surface area contributed by atoms with E-state index in [2.05, 4.69) is 12.2 Å². The van der Waals surface area contributed by atoms with Crippen LogP contribution >= 0.6 is 0 Å². The Labute approximate surface area is 95.8 Å². The van der Waals surface area contributed by atoms with E-state index in [4.69, 9.17) is 4.74 Å². The molecule has 1 fully saturated rings. The molecule has 2 nitrogen and oxygen atoms in total. The van der Waals surface area contributed by atoms with Crippen molar-refractivity contribution in [3.8, 4) is 5.75 Å². The fourth-order valence-corrected chi connectivity index (χ4v) is 1.86. The minimum Gasteiger partial charge on any atom is -0.494 e. The summed E-state index contributed by atoms with van der Waals surface area (Å²) in [6, 6.07) is 5.64. The highest BCUT2D eigenvalue weighted by atomic mass is 19.1. The fourth-order valence-electron chi connectivity index (χ4n) is 1.86. The molecule has 88 valence electrons. The van der Waals surface area contributed by atoms with Crippen molar-refractivity contribution in [2.45, 2.75) is 32.4 Å². The standard InChI is InChI=1S/C13H18FNO/c1-9(11-4-5-11)15-8-10-3-6-13(16-2)12(14)7-10/h3,6-7,9,11,15H,4-5,8H2,1-2H3. The summed E-state index contributed by atoms with van der Waals surface area (Å²) in [6.07, 6.45) is 2.65. The first-order valence-corrected chi connectivity index (χ1v) is 5.76. The Morgan fingerprint density at radius 1 is 1.50 bits per heavy atom. The molecule has 1 aliphatic carbocycles. The van der Waals surface area contributed by atoms with Gasteiger partial charge < -0.3 is 10.1 Å². The molecular weight excluding hydrogens is 205 g/mol. The number of methoxy groups -OCH3 is 1. The van der Waals surface area contributed by atoms with E-state index >= 15 is 0 Å². The van der Waals surface area contributed by atoms with Crippen LogP contribution in [0.3, 0.4) is 0 Å². The van der Waals surface area contributed by atoms with E-state index in [0.717, 1.165) is 18.0 Å². The number of nitrogens with one attached hydrogen (secondary N) is 1. The number of hydrogen-bond donors (Lipinski definition) is 1. The highest BCUT2D eigenvalue weighted by molar-refractivity contribution is 5.29. The predicted molar refractivity (Wildman–Crippen MR) is 62.0 cm³/mol. The smallest absolute Gasteiger partial charge is 0.165 e. The van der Waals surface area contributed by atoms with E-state index in [9.17, 15) is 4.39 Å². The lowest BCUT2D eigenvalue weighted by molar-refractivity contribution is 0.385. The maximum atomic E-state index is 13.4. The van der Waals surface area contributed by atoms with Crippen LogP contribution in [0, 0.1) is 11.7 Å². The monoisotopic (exact) mass is 223 g/mol. The molecule has 0 amide bonds. The second-order valence-electron chi connectivity index (χ2n) is 4.48. The molecule has 16 heavy (non-hydrogen) atoms. The Hall–Kier alpha value is -1.09. The Bertz CT molecular complexity index is 363. The van der Waals surface area contributed by atoms with Crippen LogP contribution in [0.2, 0.25) is 0 Å². The molecule has 1 saturated carbocycles. The van der Waals surface area contributed by atoms with Gasteiger partial charge in [-0.1, -0.05) is 6.07 Å². The van der Waals surface area contributed by atoms with Crippen molar-refractivity contribution in [3.05, 3.63) is 29.6 Å². The van der Waals surface area contributed by atoms with Crippen LogP contribution in [-0.4, -0.2) is 13.2 Å². The van der Waals surface area contributed by atoms with Gasteiger partial charge in [0.25, 0.3) is 0 Å². The number of halogens is 1. The lowest BCUT2D eigenvalue weighted by Gasteiger charge is -2.13. The minimum absolute atomic E-state index is 0.291. The van der Waals surface area contributed by atoms with Gasteiger partial charge in [0.05, 0.1) is 7.11 Å². The van der Waals surface area contributed by atoms with Crippen molar-refractivity contribution >= 4 is 0 Å². The Morgan fingerprint density at radius 2 is 2.25 bits per heavy atom. The first-order chi connectivity index (χ1) is 7.70. The van der Waals surface area contributed by atoms with Gasteiger partial charge in [0.15, 0.2) is 11.6 Å². The van der Waals surface area contributed by atoms with E-state index in [-0.39, 0.29) is 5.82 Å². The number of hydrogen-bond acceptors (Lipinski definition) is 2. The second-order valence-corrected chi connectivity index (χ2v) is 4.48. The van der Waals surface area contributed by atoms with E-state index in [1.807, 2.05) is 6.07 Å². The molecule has 1 aliphatic rings. The molecule has 0 heterocycles. The highest BCUT2D eigenvalue weighted by Gasteiger charge is 2.27. The van der Waals surface area contributed by atoms with Gasteiger partial charge in [-0.2, -0.15) is 0 Å². The zero-order valence-electron chi connectivity index (χ0n) is 9.79. The first-order valence-electron chi connectivity index (χ1n) is 5.76. The van der Waals surface area contributed by atoms with Gasteiger partial charge in [0.2, 0.25) is 0 Å². The molecule has 2 rings (SSSR count). The van der Waals surface area contributed by atoms with Gasteiger partial charge in [-0.25, -0.2) is 4.39 Å². The largest absolute Gasteiger partial charge is 0.494 e. The lowest BCUT2D eigenvalue weighted by Crippen LogP contribution is -2.27. The molecular formula is C13H18FNO. The van der Waals surface area contributed by atoms with Crippen LogP contribution in [0.1, 0.15) is 25.3 Å². The van der Waals surface area contributed by atoms with Crippen LogP contribution in [0.5, 0.6) is 5.75 Å². The van der Waals surface area contributed by atoms with Gasteiger partial charge in [-0.3, -0.25) is 0 Å². The topological polar surface area (TPSA) is 21.3 Å². The fraction of sp³-hybridized carbons (Fsp3) is 0.538. The van der Waals surface area contributed by atoms with Gasteiger partial charge >= 0.3 is 0 Å². The minimum atomic E-state index is -0.291. The normalized spacial score (nSPS) is 17.2. The van der Waals surface area contributed by atoms with E-state index < -0.39 is 0 Å². The summed E-state index contributed by atoms with van der Waals surface area (Å²) in [5.74, 6) is 0.836. The quantitative estimate of drug-likeness (QED) is 0.828. The Kier molecular flexibility index (Phi) is 3.44. The average molecular weight is 223 g/mol. The van der Waals surface area contributed by atoms with E-state index in [0.29, 0.717) is 11.8 Å². The van der Waals surface area contributed by atoms with Gasteiger partial charge in [-0.05, 0) is 43.4 Å². The van der Waals surface area contributed by atoms with Crippen LogP contribution in [0.25, 0.3) is 0 Å².